The second-order valence-electron chi connectivity index (χ2n) is 6.80. The van der Waals surface area contributed by atoms with Gasteiger partial charge in [0.25, 0.3) is 5.91 Å². The SMILES string of the molecule is CCCCCCCCCCCCNC(=O)c1c(C)cccc1C(N)=O. The van der Waals surface area contributed by atoms with Crippen molar-refractivity contribution in [3.05, 3.63) is 34.9 Å². The Bertz CT molecular complexity index is 541. The standard InChI is InChI=1S/C21H34N2O2/c1-3-4-5-6-7-8-9-10-11-12-16-23-21(25)19-17(2)14-13-15-18(19)20(22)24/h13-15H,3-12,16H2,1-2H3,(H2,22,24)(H,23,25). The van der Waals surface area contributed by atoms with Crippen molar-refractivity contribution in [2.75, 3.05) is 6.54 Å². The number of primary amides is 1. The maximum absolute atomic E-state index is 12.3. The number of nitrogens with one attached hydrogen (secondary N) is 1. The van der Waals surface area contributed by atoms with Crippen LogP contribution in [0, 0.1) is 6.92 Å². The summed E-state index contributed by atoms with van der Waals surface area (Å²) in [6.07, 6.45) is 12.7. The van der Waals surface area contributed by atoms with Gasteiger partial charge in [0, 0.05) is 6.54 Å². The van der Waals surface area contributed by atoms with E-state index >= 15 is 0 Å². The van der Waals surface area contributed by atoms with Gasteiger partial charge in [0.15, 0.2) is 0 Å². The second-order valence-corrected chi connectivity index (χ2v) is 6.80. The first-order chi connectivity index (χ1) is 12.1. The Labute approximate surface area is 152 Å². The van der Waals surface area contributed by atoms with Crippen LogP contribution in [-0.2, 0) is 0 Å². The summed E-state index contributed by atoms with van der Waals surface area (Å²) in [5, 5.41) is 2.91. The van der Waals surface area contributed by atoms with Crippen LogP contribution in [0.15, 0.2) is 18.2 Å². The Balaban J connectivity index is 2.19. The highest BCUT2D eigenvalue weighted by Crippen LogP contribution is 2.14. The van der Waals surface area contributed by atoms with Gasteiger partial charge in [-0.15, -0.1) is 0 Å². The Hall–Kier alpha value is -1.84. The number of unbranched alkanes of at least 4 members (excludes halogenated alkanes) is 9. The summed E-state index contributed by atoms with van der Waals surface area (Å²) in [6, 6.07) is 5.17. The van der Waals surface area contributed by atoms with Crippen LogP contribution < -0.4 is 11.1 Å². The number of benzene rings is 1. The zero-order valence-electron chi connectivity index (χ0n) is 15.9. The minimum atomic E-state index is -0.562. The van der Waals surface area contributed by atoms with Gasteiger partial charge in [0.05, 0.1) is 11.1 Å². The molecule has 0 heterocycles. The van der Waals surface area contributed by atoms with Gasteiger partial charge in [-0.2, -0.15) is 0 Å². The Morgan fingerprint density at radius 3 is 2.04 bits per heavy atom. The molecule has 4 nitrogen and oxygen atoms in total. The van der Waals surface area contributed by atoms with Crippen LogP contribution in [0.5, 0.6) is 0 Å². The predicted octanol–water partition coefficient (Wildman–Crippen LogP) is 4.74. The van der Waals surface area contributed by atoms with E-state index in [-0.39, 0.29) is 5.91 Å². The number of rotatable bonds is 13. The van der Waals surface area contributed by atoms with Crippen molar-refractivity contribution in [2.45, 2.75) is 78.1 Å². The van der Waals surface area contributed by atoms with Gasteiger partial charge in [-0.1, -0.05) is 76.8 Å². The Morgan fingerprint density at radius 1 is 0.920 bits per heavy atom. The molecule has 0 radical (unpaired) electrons. The third-order valence-electron chi connectivity index (χ3n) is 4.58. The first kappa shape index (κ1) is 21.2. The number of nitrogens with two attached hydrogens (primary N) is 1. The molecular weight excluding hydrogens is 312 g/mol. The molecule has 0 fully saturated rings. The molecular formula is C21H34N2O2. The van der Waals surface area contributed by atoms with Crippen LogP contribution in [-0.4, -0.2) is 18.4 Å². The smallest absolute Gasteiger partial charge is 0.252 e. The van der Waals surface area contributed by atoms with Crippen LogP contribution >= 0.6 is 0 Å². The largest absolute Gasteiger partial charge is 0.366 e. The molecule has 140 valence electrons. The predicted molar refractivity (Wildman–Crippen MR) is 104 cm³/mol. The molecule has 0 aromatic heterocycles. The van der Waals surface area contributed by atoms with Crippen LogP contribution in [0.3, 0.4) is 0 Å². The highest BCUT2D eigenvalue weighted by Gasteiger charge is 2.16. The fraction of sp³-hybridized carbons (Fsp3) is 0.619. The number of aryl methyl sites for hydroxylation is 1. The molecule has 0 spiro atoms. The Morgan fingerprint density at radius 2 is 1.48 bits per heavy atom. The average molecular weight is 347 g/mol. The number of amides is 2. The summed E-state index contributed by atoms with van der Waals surface area (Å²) in [5.74, 6) is -0.768. The molecule has 0 atom stereocenters. The van der Waals surface area contributed by atoms with Crippen LogP contribution in [0.2, 0.25) is 0 Å². The van der Waals surface area contributed by atoms with Crippen LogP contribution in [0.25, 0.3) is 0 Å². The lowest BCUT2D eigenvalue weighted by Gasteiger charge is -2.11. The molecule has 0 unspecified atom stereocenters. The maximum atomic E-state index is 12.3. The molecule has 1 aromatic rings. The van der Waals surface area contributed by atoms with E-state index in [4.69, 9.17) is 5.73 Å². The van der Waals surface area contributed by atoms with E-state index in [1.165, 1.54) is 51.4 Å². The van der Waals surface area contributed by atoms with Crippen LogP contribution in [0.1, 0.15) is 97.4 Å². The van der Waals surface area contributed by atoms with E-state index in [1.807, 2.05) is 13.0 Å². The minimum absolute atomic E-state index is 0.206. The number of carbonyl (C=O) groups excluding carboxylic acids is 2. The lowest BCUT2D eigenvalue weighted by atomic mass is 10.0. The monoisotopic (exact) mass is 346 g/mol. The van der Waals surface area contributed by atoms with Crippen molar-refractivity contribution >= 4 is 11.8 Å². The number of hydrogen-bond acceptors (Lipinski definition) is 2. The summed E-state index contributed by atoms with van der Waals surface area (Å²) in [6.45, 7) is 4.70. The van der Waals surface area contributed by atoms with Crippen molar-refractivity contribution in [1.82, 2.24) is 5.32 Å². The highest BCUT2D eigenvalue weighted by atomic mass is 16.2. The van der Waals surface area contributed by atoms with E-state index in [1.54, 1.807) is 12.1 Å². The molecule has 1 rings (SSSR count). The summed E-state index contributed by atoms with van der Waals surface area (Å²) >= 11 is 0. The van der Waals surface area contributed by atoms with E-state index in [0.717, 1.165) is 18.4 Å². The van der Waals surface area contributed by atoms with Crippen LogP contribution in [0.4, 0.5) is 0 Å². The van der Waals surface area contributed by atoms with Gasteiger partial charge >= 0.3 is 0 Å². The van der Waals surface area contributed by atoms with Gasteiger partial charge in [-0.25, -0.2) is 0 Å². The third-order valence-corrected chi connectivity index (χ3v) is 4.58. The molecule has 0 saturated carbocycles. The molecule has 25 heavy (non-hydrogen) atoms. The lowest BCUT2D eigenvalue weighted by molar-refractivity contribution is 0.0935. The van der Waals surface area contributed by atoms with E-state index < -0.39 is 5.91 Å². The second kappa shape index (κ2) is 12.5. The number of carbonyl (C=O) groups is 2. The fourth-order valence-electron chi connectivity index (χ4n) is 3.08. The summed E-state index contributed by atoms with van der Waals surface area (Å²) in [4.78, 5) is 23.8. The summed E-state index contributed by atoms with van der Waals surface area (Å²) in [7, 11) is 0. The molecule has 0 bridgehead atoms. The van der Waals surface area contributed by atoms with Crippen molar-refractivity contribution in [3.8, 4) is 0 Å². The van der Waals surface area contributed by atoms with Crippen molar-refractivity contribution in [1.29, 1.82) is 0 Å². The molecule has 0 aliphatic heterocycles. The maximum Gasteiger partial charge on any atom is 0.252 e. The first-order valence-electron chi connectivity index (χ1n) is 9.75. The molecule has 0 saturated heterocycles. The molecule has 2 amide bonds. The van der Waals surface area contributed by atoms with Gasteiger partial charge in [-0.3, -0.25) is 9.59 Å². The van der Waals surface area contributed by atoms with E-state index in [9.17, 15) is 9.59 Å². The normalized spacial score (nSPS) is 10.6. The molecule has 0 aliphatic carbocycles. The van der Waals surface area contributed by atoms with Gasteiger partial charge in [0.1, 0.15) is 0 Å². The Kier molecular flexibility index (Phi) is 10.6. The third kappa shape index (κ3) is 8.19. The van der Waals surface area contributed by atoms with Gasteiger partial charge in [0.2, 0.25) is 5.91 Å². The molecule has 4 heteroatoms. The molecule has 3 N–H and O–H groups in total. The van der Waals surface area contributed by atoms with Gasteiger partial charge in [-0.05, 0) is 25.0 Å². The minimum Gasteiger partial charge on any atom is -0.366 e. The zero-order valence-corrected chi connectivity index (χ0v) is 15.9. The lowest BCUT2D eigenvalue weighted by Crippen LogP contribution is -2.28. The topological polar surface area (TPSA) is 72.2 Å². The van der Waals surface area contributed by atoms with E-state index in [0.29, 0.717) is 17.7 Å². The number of hydrogen-bond donors (Lipinski definition) is 2. The van der Waals surface area contributed by atoms with Crippen molar-refractivity contribution in [2.24, 2.45) is 5.73 Å². The summed E-state index contributed by atoms with van der Waals surface area (Å²) < 4.78 is 0. The average Bonchev–Trinajstić information content (AvgIpc) is 2.59. The first-order valence-corrected chi connectivity index (χ1v) is 9.75. The van der Waals surface area contributed by atoms with Crippen molar-refractivity contribution in [3.63, 3.8) is 0 Å². The van der Waals surface area contributed by atoms with Crippen molar-refractivity contribution < 1.29 is 9.59 Å². The fourth-order valence-corrected chi connectivity index (χ4v) is 3.08. The molecule has 1 aromatic carbocycles. The van der Waals surface area contributed by atoms with E-state index in [2.05, 4.69) is 12.2 Å². The quantitative estimate of drug-likeness (QED) is 0.506. The van der Waals surface area contributed by atoms with Gasteiger partial charge < -0.3 is 11.1 Å². The molecule has 0 aliphatic rings. The zero-order chi connectivity index (χ0) is 18.5. The summed E-state index contributed by atoms with van der Waals surface area (Å²) in [5.41, 5.74) is 6.84. The highest BCUT2D eigenvalue weighted by molar-refractivity contribution is 6.07.